The van der Waals surface area contributed by atoms with E-state index in [1.165, 1.54) is 13.0 Å². The van der Waals surface area contributed by atoms with Crippen molar-refractivity contribution >= 4 is 21.7 Å². The van der Waals surface area contributed by atoms with Gasteiger partial charge in [0.15, 0.2) is 5.03 Å². The molecule has 0 aliphatic heterocycles. The Morgan fingerprint density at radius 3 is 2.61 bits per heavy atom. The van der Waals surface area contributed by atoms with E-state index in [1.807, 2.05) is 13.8 Å². The first-order chi connectivity index (χ1) is 10.8. The normalized spacial score (nSPS) is 11.5. The zero-order valence-corrected chi connectivity index (χ0v) is 14.7. The van der Waals surface area contributed by atoms with Gasteiger partial charge < -0.3 is 10.6 Å². The van der Waals surface area contributed by atoms with Gasteiger partial charge in [-0.3, -0.25) is 4.79 Å². The summed E-state index contributed by atoms with van der Waals surface area (Å²) >= 11 is 0. The summed E-state index contributed by atoms with van der Waals surface area (Å²) in [6.45, 7) is 7.11. The molecule has 1 heterocycles. The second-order valence-corrected chi connectivity index (χ2v) is 7.42. The van der Waals surface area contributed by atoms with E-state index in [0.29, 0.717) is 31.4 Å². The Kier molecular flexibility index (Phi) is 7.97. The molecule has 8 heteroatoms. The smallest absolute Gasteiger partial charge is 0.258 e. The van der Waals surface area contributed by atoms with Gasteiger partial charge in [0.2, 0.25) is 5.91 Å². The highest BCUT2D eigenvalue weighted by Gasteiger charge is 2.15. The summed E-state index contributed by atoms with van der Waals surface area (Å²) in [5, 5.41) is 5.75. The minimum Gasteiger partial charge on any atom is -0.370 e. The molecule has 7 nitrogen and oxygen atoms in total. The van der Waals surface area contributed by atoms with E-state index in [9.17, 15) is 13.2 Å². The number of anilines is 1. The Bertz CT molecular complexity index is 602. The molecule has 23 heavy (non-hydrogen) atoms. The molecule has 0 saturated heterocycles. The molecule has 1 aromatic heterocycles. The van der Waals surface area contributed by atoms with Crippen LogP contribution in [0.1, 0.15) is 33.6 Å². The molecule has 1 rings (SSSR count). The van der Waals surface area contributed by atoms with Gasteiger partial charge in [-0.2, -0.15) is 0 Å². The molecule has 0 atom stereocenters. The van der Waals surface area contributed by atoms with E-state index in [0.717, 1.165) is 12.8 Å². The third-order valence-corrected chi connectivity index (χ3v) is 4.41. The lowest BCUT2D eigenvalue weighted by Crippen LogP contribution is -2.26. The van der Waals surface area contributed by atoms with Gasteiger partial charge in [0, 0.05) is 26.6 Å². The Morgan fingerprint density at radius 2 is 1.96 bits per heavy atom. The van der Waals surface area contributed by atoms with Crippen LogP contribution < -0.4 is 15.4 Å². The average molecular weight is 342 g/mol. The lowest BCUT2D eigenvalue weighted by Gasteiger charge is -2.10. The van der Waals surface area contributed by atoms with Crippen LogP contribution in [0.5, 0.6) is 0 Å². The predicted molar refractivity (Wildman–Crippen MR) is 90.7 cm³/mol. The summed E-state index contributed by atoms with van der Waals surface area (Å²) in [6, 6.07) is 4.84. The Labute approximate surface area is 138 Å². The van der Waals surface area contributed by atoms with E-state index < -0.39 is 10.0 Å². The fraction of sp³-hybridized carbons (Fsp3) is 0.600. The summed E-state index contributed by atoms with van der Waals surface area (Å²) in [4.78, 5) is 14.9. The van der Waals surface area contributed by atoms with Gasteiger partial charge in [0.25, 0.3) is 10.0 Å². The van der Waals surface area contributed by atoms with Crippen molar-refractivity contribution in [3.8, 4) is 0 Å². The number of aromatic nitrogens is 1. The zero-order valence-electron chi connectivity index (χ0n) is 13.9. The molecular weight excluding hydrogens is 316 g/mol. The van der Waals surface area contributed by atoms with Gasteiger partial charge in [-0.05, 0) is 30.9 Å². The van der Waals surface area contributed by atoms with Crippen LogP contribution in [0.2, 0.25) is 0 Å². The molecule has 0 unspecified atom stereocenters. The zero-order chi connectivity index (χ0) is 17.3. The van der Waals surface area contributed by atoms with E-state index in [1.54, 1.807) is 12.1 Å². The number of nitrogens with zero attached hydrogens (tertiary/aromatic N) is 1. The summed E-state index contributed by atoms with van der Waals surface area (Å²) in [5.41, 5.74) is 0. The highest BCUT2D eigenvalue weighted by molar-refractivity contribution is 7.89. The molecule has 0 bridgehead atoms. The van der Waals surface area contributed by atoms with Crippen molar-refractivity contribution in [2.24, 2.45) is 5.92 Å². The first-order valence-corrected chi connectivity index (χ1v) is 9.24. The SMILES string of the molecule is CC(=O)NCCCNc1cccc(S(=O)(=O)NCCC(C)C)n1. The van der Waals surface area contributed by atoms with Crippen LogP contribution in [0, 0.1) is 5.92 Å². The van der Waals surface area contributed by atoms with Crippen molar-refractivity contribution in [2.75, 3.05) is 25.0 Å². The standard InChI is InChI=1S/C15H26N4O3S/c1-12(2)8-11-18-23(21,22)15-7-4-6-14(19-15)17-10-5-9-16-13(3)20/h4,6-7,12,18H,5,8-11H2,1-3H3,(H,16,20)(H,17,19). The molecule has 0 fully saturated rings. The maximum Gasteiger partial charge on any atom is 0.258 e. The summed E-state index contributed by atoms with van der Waals surface area (Å²) in [5.74, 6) is 0.866. The van der Waals surface area contributed by atoms with Crippen LogP contribution in [0.25, 0.3) is 0 Å². The predicted octanol–water partition coefficient (Wildman–Crippen LogP) is 1.34. The number of pyridine rings is 1. The number of sulfonamides is 1. The number of carbonyl (C=O) groups is 1. The fourth-order valence-electron chi connectivity index (χ4n) is 1.79. The maximum atomic E-state index is 12.2. The number of hydrogen-bond donors (Lipinski definition) is 3. The third-order valence-electron chi connectivity index (χ3n) is 3.05. The van der Waals surface area contributed by atoms with Crippen molar-refractivity contribution in [3.05, 3.63) is 18.2 Å². The lowest BCUT2D eigenvalue weighted by molar-refractivity contribution is -0.118. The van der Waals surface area contributed by atoms with Crippen molar-refractivity contribution < 1.29 is 13.2 Å². The molecule has 0 aliphatic carbocycles. The van der Waals surface area contributed by atoms with Gasteiger partial charge in [-0.25, -0.2) is 18.1 Å². The minimum atomic E-state index is -3.58. The van der Waals surface area contributed by atoms with Crippen molar-refractivity contribution in [1.82, 2.24) is 15.0 Å². The molecule has 0 spiro atoms. The molecule has 3 N–H and O–H groups in total. The summed E-state index contributed by atoms with van der Waals surface area (Å²) in [7, 11) is -3.58. The number of hydrogen-bond acceptors (Lipinski definition) is 5. The Morgan fingerprint density at radius 1 is 1.22 bits per heavy atom. The van der Waals surface area contributed by atoms with Crippen LogP contribution in [0.15, 0.2) is 23.2 Å². The van der Waals surface area contributed by atoms with Crippen LogP contribution in [0.4, 0.5) is 5.82 Å². The third kappa shape index (κ3) is 7.94. The molecule has 0 radical (unpaired) electrons. The second kappa shape index (κ2) is 9.46. The molecule has 0 saturated carbocycles. The monoisotopic (exact) mass is 342 g/mol. The van der Waals surface area contributed by atoms with Gasteiger partial charge in [-0.1, -0.05) is 19.9 Å². The minimum absolute atomic E-state index is 0.00752. The highest BCUT2D eigenvalue weighted by atomic mass is 32.2. The lowest BCUT2D eigenvalue weighted by atomic mass is 10.1. The average Bonchev–Trinajstić information content (AvgIpc) is 2.46. The van der Waals surface area contributed by atoms with Gasteiger partial charge in [-0.15, -0.1) is 0 Å². The molecule has 0 aliphatic rings. The van der Waals surface area contributed by atoms with E-state index >= 15 is 0 Å². The van der Waals surface area contributed by atoms with Crippen molar-refractivity contribution in [3.63, 3.8) is 0 Å². The molecule has 0 aromatic carbocycles. The molecule has 1 aromatic rings. The quantitative estimate of drug-likeness (QED) is 0.557. The van der Waals surface area contributed by atoms with Gasteiger partial charge in [0.1, 0.15) is 5.82 Å². The van der Waals surface area contributed by atoms with E-state index in [-0.39, 0.29) is 10.9 Å². The summed E-state index contributed by atoms with van der Waals surface area (Å²) in [6.07, 6.45) is 1.51. The first-order valence-electron chi connectivity index (χ1n) is 7.76. The summed E-state index contributed by atoms with van der Waals surface area (Å²) < 4.78 is 26.9. The Balaban J connectivity index is 2.53. The van der Waals surface area contributed by atoms with Crippen LogP contribution in [-0.4, -0.2) is 38.9 Å². The number of carbonyl (C=O) groups excluding carboxylic acids is 1. The maximum absolute atomic E-state index is 12.2. The van der Waals surface area contributed by atoms with Gasteiger partial charge in [0.05, 0.1) is 0 Å². The van der Waals surface area contributed by atoms with Crippen LogP contribution in [0.3, 0.4) is 0 Å². The largest absolute Gasteiger partial charge is 0.370 e. The molecular formula is C15H26N4O3S. The van der Waals surface area contributed by atoms with Crippen molar-refractivity contribution in [1.29, 1.82) is 0 Å². The molecule has 1 amide bonds. The highest BCUT2D eigenvalue weighted by Crippen LogP contribution is 2.10. The topological polar surface area (TPSA) is 100 Å². The fourth-order valence-corrected chi connectivity index (χ4v) is 2.80. The second-order valence-electron chi connectivity index (χ2n) is 5.70. The number of nitrogens with one attached hydrogen (secondary N) is 3. The number of amides is 1. The van der Waals surface area contributed by atoms with E-state index in [4.69, 9.17) is 0 Å². The van der Waals surface area contributed by atoms with Crippen LogP contribution >= 0.6 is 0 Å². The van der Waals surface area contributed by atoms with Crippen LogP contribution in [-0.2, 0) is 14.8 Å². The first kappa shape index (κ1) is 19.4. The van der Waals surface area contributed by atoms with E-state index in [2.05, 4.69) is 20.3 Å². The van der Waals surface area contributed by atoms with Gasteiger partial charge >= 0.3 is 0 Å². The number of rotatable bonds is 10. The van der Waals surface area contributed by atoms with Crippen molar-refractivity contribution in [2.45, 2.75) is 38.6 Å². The Hall–Kier alpha value is -1.67. The molecule has 130 valence electrons.